The summed E-state index contributed by atoms with van der Waals surface area (Å²) in [6.45, 7) is 6.74. The molecule has 0 spiro atoms. The van der Waals surface area contributed by atoms with Crippen molar-refractivity contribution in [2.45, 2.75) is 33.2 Å². The molecular weight excluding hydrogens is 162 g/mol. The van der Waals surface area contributed by atoms with E-state index in [2.05, 4.69) is 26.1 Å². The van der Waals surface area contributed by atoms with Crippen LogP contribution in [0.15, 0.2) is 23.0 Å². The van der Waals surface area contributed by atoms with E-state index in [1.165, 1.54) is 5.56 Å². The minimum absolute atomic E-state index is 0.263. The first kappa shape index (κ1) is 10.3. The average Bonchev–Trinajstić information content (AvgIpc) is 2.58. The molecule has 1 N–H and O–H groups in total. The third kappa shape index (κ3) is 2.13. The van der Waals surface area contributed by atoms with Crippen LogP contribution in [0.2, 0.25) is 0 Å². The molecule has 1 heterocycles. The Balaban J connectivity index is 2.86. The number of furan rings is 1. The van der Waals surface area contributed by atoms with Crippen LogP contribution in [0.25, 0.3) is 0 Å². The van der Waals surface area contributed by atoms with Gasteiger partial charge in [-0.05, 0) is 24.9 Å². The summed E-state index contributed by atoms with van der Waals surface area (Å²) < 4.78 is 5.10. The van der Waals surface area contributed by atoms with Crippen LogP contribution >= 0.6 is 0 Å². The van der Waals surface area contributed by atoms with Crippen LogP contribution in [0.1, 0.15) is 38.8 Å². The smallest absolute Gasteiger partial charge is 0.0950 e. The van der Waals surface area contributed by atoms with Crippen LogP contribution in [-0.2, 0) is 0 Å². The van der Waals surface area contributed by atoms with Gasteiger partial charge in [-0.3, -0.25) is 0 Å². The maximum absolute atomic E-state index is 5.10. The molecule has 0 radical (unpaired) electrons. The van der Waals surface area contributed by atoms with E-state index in [1.54, 1.807) is 6.26 Å². The molecule has 0 aromatic carbocycles. The fraction of sp³-hybridized carbons (Fsp3) is 0.636. The van der Waals surface area contributed by atoms with Crippen LogP contribution < -0.4 is 5.32 Å². The molecule has 0 bridgehead atoms. The third-order valence-corrected chi connectivity index (χ3v) is 2.86. The van der Waals surface area contributed by atoms with Crippen LogP contribution in [0, 0.1) is 5.41 Å². The van der Waals surface area contributed by atoms with Crippen LogP contribution in [0.3, 0.4) is 0 Å². The first-order valence-corrected chi connectivity index (χ1v) is 4.81. The lowest BCUT2D eigenvalue weighted by molar-refractivity contribution is 0.244. The molecular formula is C11H19NO. The van der Waals surface area contributed by atoms with Gasteiger partial charge in [-0.25, -0.2) is 0 Å². The van der Waals surface area contributed by atoms with Crippen molar-refractivity contribution in [1.29, 1.82) is 0 Å². The van der Waals surface area contributed by atoms with Gasteiger partial charge in [0.25, 0.3) is 0 Å². The SMILES string of the molecule is CCC(C)(C)C(NC)c1ccoc1. The topological polar surface area (TPSA) is 25.2 Å². The van der Waals surface area contributed by atoms with Crippen LogP contribution in [0.4, 0.5) is 0 Å². The second-order valence-corrected chi connectivity index (χ2v) is 4.12. The summed E-state index contributed by atoms with van der Waals surface area (Å²) in [5, 5.41) is 3.34. The molecule has 1 aromatic heterocycles. The van der Waals surface area contributed by atoms with Crippen molar-refractivity contribution in [3.8, 4) is 0 Å². The van der Waals surface area contributed by atoms with Crippen molar-refractivity contribution >= 4 is 0 Å². The van der Waals surface area contributed by atoms with Crippen molar-refractivity contribution in [3.05, 3.63) is 24.2 Å². The standard InChI is InChI=1S/C11H19NO/c1-5-11(2,3)10(12-4)9-6-7-13-8-9/h6-8,10,12H,5H2,1-4H3. The lowest BCUT2D eigenvalue weighted by Gasteiger charge is -2.32. The van der Waals surface area contributed by atoms with E-state index >= 15 is 0 Å². The Hall–Kier alpha value is -0.760. The summed E-state index contributed by atoms with van der Waals surface area (Å²) >= 11 is 0. The minimum atomic E-state index is 0.263. The highest BCUT2D eigenvalue weighted by Crippen LogP contribution is 2.35. The van der Waals surface area contributed by atoms with E-state index in [9.17, 15) is 0 Å². The highest BCUT2D eigenvalue weighted by atomic mass is 16.3. The van der Waals surface area contributed by atoms with Gasteiger partial charge in [0, 0.05) is 11.6 Å². The summed E-state index contributed by atoms with van der Waals surface area (Å²) in [7, 11) is 2.00. The first-order valence-electron chi connectivity index (χ1n) is 4.81. The third-order valence-electron chi connectivity index (χ3n) is 2.86. The van der Waals surface area contributed by atoms with Crippen molar-refractivity contribution in [1.82, 2.24) is 5.32 Å². The average molecular weight is 181 g/mol. The van der Waals surface area contributed by atoms with Crippen molar-refractivity contribution in [2.24, 2.45) is 5.41 Å². The molecule has 74 valence electrons. The van der Waals surface area contributed by atoms with E-state index < -0.39 is 0 Å². The number of nitrogens with one attached hydrogen (secondary N) is 1. The van der Waals surface area contributed by atoms with Gasteiger partial charge in [0.15, 0.2) is 0 Å². The Bertz CT molecular complexity index is 239. The van der Waals surface area contributed by atoms with Gasteiger partial charge < -0.3 is 9.73 Å². The molecule has 2 heteroatoms. The maximum atomic E-state index is 5.10. The normalized spacial score (nSPS) is 14.5. The predicted octanol–water partition coefficient (Wildman–Crippen LogP) is 2.98. The highest BCUT2D eigenvalue weighted by molar-refractivity contribution is 5.14. The fourth-order valence-electron chi connectivity index (χ4n) is 1.65. The molecule has 0 saturated heterocycles. The van der Waals surface area contributed by atoms with Gasteiger partial charge in [0.05, 0.1) is 12.5 Å². The number of hydrogen-bond donors (Lipinski definition) is 1. The zero-order valence-corrected chi connectivity index (χ0v) is 8.92. The van der Waals surface area contributed by atoms with Gasteiger partial charge in [0.1, 0.15) is 0 Å². The van der Waals surface area contributed by atoms with Gasteiger partial charge in [-0.15, -0.1) is 0 Å². The molecule has 0 fully saturated rings. The van der Waals surface area contributed by atoms with Crippen molar-refractivity contribution in [2.75, 3.05) is 7.05 Å². The minimum Gasteiger partial charge on any atom is -0.472 e. The van der Waals surface area contributed by atoms with Gasteiger partial charge in [-0.2, -0.15) is 0 Å². The van der Waals surface area contributed by atoms with E-state index in [1.807, 2.05) is 19.4 Å². The first-order chi connectivity index (χ1) is 6.11. The molecule has 13 heavy (non-hydrogen) atoms. The molecule has 0 aliphatic heterocycles. The molecule has 1 rings (SSSR count). The van der Waals surface area contributed by atoms with E-state index in [0.717, 1.165) is 6.42 Å². The van der Waals surface area contributed by atoms with Gasteiger partial charge in [-0.1, -0.05) is 20.8 Å². The van der Waals surface area contributed by atoms with E-state index in [4.69, 9.17) is 4.42 Å². The summed E-state index contributed by atoms with van der Waals surface area (Å²) in [4.78, 5) is 0. The Morgan fingerprint density at radius 3 is 2.62 bits per heavy atom. The molecule has 0 saturated carbocycles. The fourth-order valence-corrected chi connectivity index (χ4v) is 1.65. The van der Waals surface area contributed by atoms with Crippen molar-refractivity contribution < 1.29 is 4.42 Å². The summed E-state index contributed by atoms with van der Waals surface area (Å²) in [5.41, 5.74) is 1.49. The summed E-state index contributed by atoms with van der Waals surface area (Å²) in [5.74, 6) is 0. The molecule has 1 aromatic rings. The Morgan fingerprint density at radius 2 is 2.23 bits per heavy atom. The lowest BCUT2D eigenvalue weighted by atomic mass is 9.79. The second-order valence-electron chi connectivity index (χ2n) is 4.12. The largest absolute Gasteiger partial charge is 0.472 e. The molecule has 1 atom stereocenters. The molecule has 1 unspecified atom stereocenters. The summed E-state index contributed by atoms with van der Waals surface area (Å²) in [6.07, 6.45) is 4.69. The monoisotopic (exact) mass is 181 g/mol. The van der Waals surface area contributed by atoms with E-state index in [0.29, 0.717) is 6.04 Å². The molecule has 0 amide bonds. The predicted molar refractivity (Wildman–Crippen MR) is 54.6 cm³/mol. The second kappa shape index (κ2) is 3.97. The Morgan fingerprint density at radius 1 is 1.54 bits per heavy atom. The molecule has 0 aliphatic carbocycles. The number of rotatable bonds is 4. The zero-order chi connectivity index (χ0) is 9.90. The number of hydrogen-bond acceptors (Lipinski definition) is 2. The van der Waals surface area contributed by atoms with E-state index in [-0.39, 0.29) is 5.41 Å². The zero-order valence-electron chi connectivity index (χ0n) is 8.92. The van der Waals surface area contributed by atoms with Crippen LogP contribution in [-0.4, -0.2) is 7.05 Å². The van der Waals surface area contributed by atoms with Crippen molar-refractivity contribution in [3.63, 3.8) is 0 Å². The Kier molecular flexibility index (Phi) is 3.15. The Labute approximate surface area is 80.3 Å². The lowest BCUT2D eigenvalue weighted by Crippen LogP contribution is -2.31. The highest BCUT2D eigenvalue weighted by Gasteiger charge is 2.28. The van der Waals surface area contributed by atoms with Crippen LogP contribution in [0.5, 0.6) is 0 Å². The maximum Gasteiger partial charge on any atom is 0.0950 e. The molecule has 0 aliphatic rings. The molecule has 2 nitrogen and oxygen atoms in total. The van der Waals surface area contributed by atoms with Gasteiger partial charge >= 0.3 is 0 Å². The quantitative estimate of drug-likeness (QED) is 0.772. The van der Waals surface area contributed by atoms with Gasteiger partial charge in [0.2, 0.25) is 0 Å². The summed E-state index contributed by atoms with van der Waals surface area (Å²) in [6, 6.07) is 2.40.